The van der Waals surface area contributed by atoms with E-state index in [2.05, 4.69) is 45.8 Å². The molecule has 0 aliphatic rings. The molecule has 1 heterocycles. The van der Waals surface area contributed by atoms with Crippen LogP contribution in [0.15, 0.2) is 121 Å². The molecular formula is C28H20BrN3O. The molecule has 0 spiro atoms. The first-order valence-electron chi connectivity index (χ1n) is 10.5. The average Bonchev–Trinajstić information content (AvgIpc) is 3.23. The molecule has 0 fully saturated rings. The van der Waals surface area contributed by atoms with Crippen LogP contribution < -0.4 is 0 Å². The van der Waals surface area contributed by atoms with Gasteiger partial charge in [0.2, 0.25) is 0 Å². The van der Waals surface area contributed by atoms with Gasteiger partial charge in [-0.1, -0.05) is 88.7 Å². The molecule has 0 aliphatic carbocycles. The van der Waals surface area contributed by atoms with Gasteiger partial charge in [0.25, 0.3) is 0 Å². The van der Waals surface area contributed by atoms with Crippen LogP contribution in [0.25, 0.3) is 21.9 Å². The van der Waals surface area contributed by atoms with Gasteiger partial charge in [-0.15, -0.1) is 0 Å². The Morgan fingerprint density at radius 2 is 1.55 bits per heavy atom. The molecule has 0 amide bonds. The maximum Gasteiger partial charge on any atom is 0.164 e. The molecule has 1 aromatic heterocycles. The van der Waals surface area contributed by atoms with Crippen LogP contribution in [0.4, 0.5) is 0 Å². The summed E-state index contributed by atoms with van der Waals surface area (Å²) in [6.07, 6.45) is 0. The molecule has 5 aromatic rings. The molecule has 0 bridgehead atoms. The highest BCUT2D eigenvalue weighted by atomic mass is 79.9. The van der Waals surface area contributed by atoms with E-state index in [0.29, 0.717) is 18.2 Å². The van der Waals surface area contributed by atoms with Crippen molar-refractivity contribution in [1.29, 1.82) is 0 Å². The van der Waals surface area contributed by atoms with Crippen LogP contribution in [0.5, 0.6) is 0 Å². The smallest absolute Gasteiger partial charge is 0.164 e. The van der Waals surface area contributed by atoms with E-state index < -0.39 is 0 Å². The van der Waals surface area contributed by atoms with Crippen molar-refractivity contribution < 1.29 is 4.42 Å². The maximum absolute atomic E-state index is 6.21. The van der Waals surface area contributed by atoms with Gasteiger partial charge in [0.05, 0.1) is 12.1 Å². The Balaban J connectivity index is 1.64. The monoisotopic (exact) mass is 493 g/mol. The summed E-state index contributed by atoms with van der Waals surface area (Å²) in [5, 5.41) is 2.04. The van der Waals surface area contributed by atoms with Gasteiger partial charge in [-0.2, -0.15) is 0 Å². The van der Waals surface area contributed by atoms with Gasteiger partial charge in [0, 0.05) is 20.8 Å². The van der Waals surface area contributed by atoms with E-state index >= 15 is 0 Å². The minimum atomic E-state index is 0.467. The zero-order valence-electron chi connectivity index (χ0n) is 17.8. The van der Waals surface area contributed by atoms with Crippen molar-refractivity contribution in [1.82, 2.24) is 0 Å². The fraction of sp³-hybridized carbons (Fsp3) is 0.0357. The summed E-state index contributed by atoms with van der Waals surface area (Å²) in [5.74, 6) is 1.06. The number of nitrogens with zero attached hydrogens (tertiary/aromatic N) is 3. The fourth-order valence-corrected chi connectivity index (χ4v) is 4.12. The second-order valence-electron chi connectivity index (χ2n) is 7.51. The molecule has 4 nitrogen and oxygen atoms in total. The third-order valence-corrected chi connectivity index (χ3v) is 5.84. The van der Waals surface area contributed by atoms with Gasteiger partial charge in [-0.3, -0.25) is 4.99 Å². The summed E-state index contributed by atoms with van der Waals surface area (Å²) in [6, 6.07) is 32.0. The highest BCUT2D eigenvalue weighted by molar-refractivity contribution is 9.10. The van der Waals surface area contributed by atoms with Crippen LogP contribution in [-0.2, 0) is 6.54 Å². The lowest BCUT2D eigenvalue weighted by Crippen LogP contribution is -2.05. The average molecular weight is 494 g/mol. The van der Waals surface area contributed by atoms with E-state index in [1.54, 1.807) is 0 Å². The quantitative estimate of drug-likeness (QED) is 0.189. The number of benzene rings is 4. The second-order valence-corrected chi connectivity index (χ2v) is 8.43. The minimum Gasteiger partial charge on any atom is -0.455 e. The van der Waals surface area contributed by atoms with Crippen molar-refractivity contribution >= 4 is 56.3 Å². The lowest BCUT2D eigenvalue weighted by molar-refractivity contribution is 0.668. The van der Waals surface area contributed by atoms with Crippen LogP contribution in [-0.4, -0.2) is 18.4 Å². The van der Waals surface area contributed by atoms with Crippen molar-refractivity contribution in [3.63, 3.8) is 0 Å². The standard InChI is InChI=1S/C28H20BrN3O/c1-30-28(23-14-8-13-22-24-17-21(29)15-16-25(24)33-26(22)23)32-27(20-11-6-3-7-12-20)31-18-19-9-4-2-5-10-19/h2-17H,1,18H2. The molecule has 0 saturated heterocycles. The number of hydrogen-bond donors (Lipinski definition) is 0. The molecule has 4 aromatic carbocycles. The van der Waals surface area contributed by atoms with Crippen LogP contribution >= 0.6 is 15.9 Å². The number of fused-ring (bicyclic) bond motifs is 3. The van der Waals surface area contributed by atoms with Crippen molar-refractivity contribution in [2.45, 2.75) is 6.54 Å². The van der Waals surface area contributed by atoms with Gasteiger partial charge in [-0.25, -0.2) is 9.98 Å². The summed E-state index contributed by atoms with van der Waals surface area (Å²) in [5.41, 5.74) is 4.34. The zero-order valence-corrected chi connectivity index (χ0v) is 19.4. The maximum atomic E-state index is 6.21. The molecule has 0 aliphatic heterocycles. The Labute approximate surface area is 200 Å². The van der Waals surface area contributed by atoms with E-state index in [-0.39, 0.29) is 0 Å². The van der Waals surface area contributed by atoms with Gasteiger partial charge in [0.15, 0.2) is 11.7 Å². The van der Waals surface area contributed by atoms with Gasteiger partial charge < -0.3 is 4.42 Å². The first-order valence-corrected chi connectivity index (χ1v) is 11.3. The molecule has 0 atom stereocenters. The van der Waals surface area contributed by atoms with Crippen molar-refractivity contribution in [2.75, 3.05) is 0 Å². The van der Waals surface area contributed by atoms with Crippen molar-refractivity contribution in [2.24, 2.45) is 15.0 Å². The molecule has 0 unspecified atom stereocenters. The summed E-state index contributed by atoms with van der Waals surface area (Å²) in [6.45, 7) is 4.31. The third-order valence-electron chi connectivity index (χ3n) is 5.35. The lowest BCUT2D eigenvalue weighted by atomic mass is 10.1. The number of aliphatic imine (C=N–C) groups is 3. The first-order chi connectivity index (χ1) is 16.2. The first kappa shape index (κ1) is 21.0. The van der Waals surface area contributed by atoms with Crippen LogP contribution in [0.2, 0.25) is 0 Å². The number of amidine groups is 2. The third kappa shape index (κ3) is 4.41. The number of rotatable bonds is 4. The molecule has 0 radical (unpaired) electrons. The largest absolute Gasteiger partial charge is 0.455 e. The zero-order chi connectivity index (χ0) is 22.6. The summed E-state index contributed by atoms with van der Waals surface area (Å²) < 4.78 is 7.21. The summed E-state index contributed by atoms with van der Waals surface area (Å²) in [7, 11) is 0. The Bertz CT molecular complexity index is 1500. The van der Waals surface area contributed by atoms with E-state index in [0.717, 1.165) is 43.1 Å². The molecule has 5 heteroatoms. The van der Waals surface area contributed by atoms with Crippen molar-refractivity contribution in [3.05, 3.63) is 118 Å². The highest BCUT2D eigenvalue weighted by Gasteiger charge is 2.15. The Kier molecular flexibility index (Phi) is 5.96. The Morgan fingerprint density at radius 1 is 0.788 bits per heavy atom. The molecule has 0 N–H and O–H groups in total. The van der Waals surface area contributed by atoms with E-state index in [1.807, 2.05) is 78.9 Å². The topological polar surface area (TPSA) is 50.2 Å². The minimum absolute atomic E-state index is 0.467. The van der Waals surface area contributed by atoms with E-state index in [9.17, 15) is 0 Å². The number of halogens is 1. The van der Waals surface area contributed by atoms with E-state index in [1.165, 1.54) is 0 Å². The predicted octanol–water partition coefficient (Wildman–Crippen LogP) is 7.44. The SMILES string of the molecule is C=NC(=NC(=NCc1ccccc1)c1ccccc1)c1cccc2c1oc1ccc(Br)cc12. The Morgan fingerprint density at radius 3 is 2.30 bits per heavy atom. The lowest BCUT2D eigenvalue weighted by Gasteiger charge is -2.06. The molecular weight excluding hydrogens is 474 g/mol. The van der Waals surface area contributed by atoms with E-state index in [4.69, 9.17) is 14.4 Å². The summed E-state index contributed by atoms with van der Waals surface area (Å²) >= 11 is 3.55. The molecule has 33 heavy (non-hydrogen) atoms. The van der Waals surface area contributed by atoms with Gasteiger partial charge >= 0.3 is 0 Å². The van der Waals surface area contributed by atoms with Gasteiger partial charge in [-0.05, 0) is 36.5 Å². The number of furan rings is 1. The highest BCUT2D eigenvalue weighted by Crippen LogP contribution is 2.33. The fourth-order valence-electron chi connectivity index (χ4n) is 3.76. The number of para-hydroxylation sites is 1. The molecule has 5 rings (SSSR count). The van der Waals surface area contributed by atoms with Crippen molar-refractivity contribution in [3.8, 4) is 0 Å². The molecule has 160 valence electrons. The van der Waals surface area contributed by atoms with Gasteiger partial charge in [0.1, 0.15) is 11.2 Å². The normalized spacial score (nSPS) is 12.4. The second kappa shape index (κ2) is 9.35. The van der Waals surface area contributed by atoms with Crippen LogP contribution in [0, 0.1) is 0 Å². The Hall–Kier alpha value is -3.83. The number of hydrogen-bond acceptors (Lipinski definition) is 2. The van der Waals surface area contributed by atoms with Crippen LogP contribution in [0.1, 0.15) is 16.7 Å². The molecule has 0 saturated carbocycles. The van der Waals surface area contributed by atoms with Crippen LogP contribution in [0.3, 0.4) is 0 Å². The predicted molar refractivity (Wildman–Crippen MR) is 141 cm³/mol. The summed E-state index contributed by atoms with van der Waals surface area (Å²) in [4.78, 5) is 13.9.